The van der Waals surface area contributed by atoms with Gasteiger partial charge in [-0.25, -0.2) is 4.39 Å². The Morgan fingerprint density at radius 3 is 2.24 bits per heavy atom. The fraction of sp³-hybridized carbons (Fsp3) is 0. The standard InChI is InChI=1S/C21H13FO2S/c22-15-12-10-14(11-13-15)20-21(25-16-6-2-1-3-7-16)19(23)17-8-4-5-9-18(17)24-20/h1-13H. The molecule has 25 heavy (non-hydrogen) atoms. The van der Waals surface area contributed by atoms with Gasteiger partial charge in [0.15, 0.2) is 5.76 Å². The number of fused-ring (bicyclic) bond motifs is 1. The maximum atomic E-state index is 13.3. The topological polar surface area (TPSA) is 30.2 Å². The number of halogens is 1. The maximum Gasteiger partial charge on any atom is 0.207 e. The van der Waals surface area contributed by atoms with Crippen molar-refractivity contribution in [3.8, 4) is 11.3 Å². The van der Waals surface area contributed by atoms with Gasteiger partial charge in [-0.05, 0) is 48.5 Å². The van der Waals surface area contributed by atoms with Crippen molar-refractivity contribution < 1.29 is 8.81 Å². The van der Waals surface area contributed by atoms with Gasteiger partial charge >= 0.3 is 0 Å². The SMILES string of the molecule is O=c1c(Sc2ccccc2)c(-c2ccc(F)cc2)oc2ccccc12. The summed E-state index contributed by atoms with van der Waals surface area (Å²) in [5.74, 6) is 0.127. The van der Waals surface area contributed by atoms with E-state index >= 15 is 0 Å². The highest BCUT2D eigenvalue weighted by Gasteiger charge is 2.17. The molecule has 0 amide bonds. The van der Waals surface area contributed by atoms with E-state index in [4.69, 9.17) is 4.42 Å². The van der Waals surface area contributed by atoms with Gasteiger partial charge in [0, 0.05) is 10.5 Å². The van der Waals surface area contributed by atoms with Gasteiger partial charge < -0.3 is 4.42 Å². The second kappa shape index (κ2) is 6.57. The molecule has 0 bridgehead atoms. The summed E-state index contributed by atoms with van der Waals surface area (Å²) in [4.78, 5) is 14.5. The lowest BCUT2D eigenvalue weighted by molar-refractivity contribution is 0.603. The van der Waals surface area contributed by atoms with E-state index in [1.807, 2.05) is 42.5 Å². The van der Waals surface area contributed by atoms with E-state index in [2.05, 4.69) is 0 Å². The van der Waals surface area contributed by atoms with Crippen LogP contribution >= 0.6 is 11.8 Å². The van der Waals surface area contributed by atoms with E-state index in [9.17, 15) is 9.18 Å². The fourth-order valence-corrected chi connectivity index (χ4v) is 3.60. The molecular formula is C21H13FO2S. The quantitative estimate of drug-likeness (QED) is 0.472. The minimum atomic E-state index is -0.329. The molecule has 1 heterocycles. The summed E-state index contributed by atoms with van der Waals surface area (Å²) >= 11 is 1.35. The van der Waals surface area contributed by atoms with Gasteiger partial charge in [-0.1, -0.05) is 42.1 Å². The first kappa shape index (κ1) is 15.7. The Hall–Kier alpha value is -2.85. The van der Waals surface area contributed by atoms with Crippen LogP contribution < -0.4 is 5.43 Å². The van der Waals surface area contributed by atoms with Crippen molar-refractivity contribution in [2.75, 3.05) is 0 Å². The highest BCUT2D eigenvalue weighted by Crippen LogP contribution is 2.35. The normalized spacial score (nSPS) is 10.9. The monoisotopic (exact) mass is 348 g/mol. The highest BCUT2D eigenvalue weighted by molar-refractivity contribution is 7.99. The number of benzene rings is 3. The Bertz CT molecular complexity index is 1090. The van der Waals surface area contributed by atoms with Crippen molar-refractivity contribution in [2.24, 2.45) is 0 Å². The second-order valence-electron chi connectivity index (χ2n) is 5.51. The molecule has 0 fully saturated rings. The zero-order chi connectivity index (χ0) is 17.2. The summed E-state index contributed by atoms with van der Waals surface area (Å²) in [7, 11) is 0. The minimum absolute atomic E-state index is 0.0879. The summed E-state index contributed by atoms with van der Waals surface area (Å²) in [6.07, 6.45) is 0. The summed E-state index contributed by atoms with van der Waals surface area (Å²) in [6.45, 7) is 0. The molecule has 0 saturated heterocycles. The van der Waals surface area contributed by atoms with Crippen LogP contribution in [-0.4, -0.2) is 0 Å². The van der Waals surface area contributed by atoms with Crippen LogP contribution in [-0.2, 0) is 0 Å². The molecule has 1 aromatic heterocycles. The molecule has 4 aromatic rings. The summed E-state index contributed by atoms with van der Waals surface area (Å²) in [5, 5.41) is 0.534. The molecule has 0 aliphatic heterocycles. The molecule has 0 unspecified atom stereocenters. The lowest BCUT2D eigenvalue weighted by Crippen LogP contribution is -2.06. The smallest absolute Gasteiger partial charge is 0.207 e. The van der Waals surface area contributed by atoms with Crippen LogP contribution in [0.1, 0.15) is 0 Å². The van der Waals surface area contributed by atoms with Gasteiger partial charge in [0.1, 0.15) is 16.3 Å². The first-order valence-electron chi connectivity index (χ1n) is 7.77. The summed E-state index contributed by atoms with van der Waals surface area (Å²) in [5.41, 5.74) is 1.10. The van der Waals surface area contributed by atoms with Crippen molar-refractivity contribution >= 4 is 22.7 Å². The number of para-hydroxylation sites is 1. The number of rotatable bonds is 3. The molecule has 4 heteroatoms. The Morgan fingerprint density at radius 1 is 0.800 bits per heavy atom. The molecule has 122 valence electrons. The average molecular weight is 348 g/mol. The number of hydrogen-bond acceptors (Lipinski definition) is 3. The van der Waals surface area contributed by atoms with Crippen LogP contribution in [0.2, 0.25) is 0 Å². The predicted molar refractivity (Wildman–Crippen MR) is 98.4 cm³/mol. The molecule has 0 radical (unpaired) electrons. The van der Waals surface area contributed by atoms with Crippen molar-refractivity contribution in [1.82, 2.24) is 0 Å². The van der Waals surface area contributed by atoms with Crippen LogP contribution in [0.15, 0.2) is 97.9 Å². The third-order valence-electron chi connectivity index (χ3n) is 3.83. The van der Waals surface area contributed by atoms with Crippen molar-refractivity contribution in [3.05, 3.63) is 94.9 Å². The van der Waals surface area contributed by atoms with E-state index < -0.39 is 0 Å². The van der Waals surface area contributed by atoms with E-state index in [-0.39, 0.29) is 11.2 Å². The van der Waals surface area contributed by atoms with Crippen LogP contribution in [0, 0.1) is 5.82 Å². The van der Waals surface area contributed by atoms with Crippen molar-refractivity contribution in [3.63, 3.8) is 0 Å². The van der Waals surface area contributed by atoms with Gasteiger partial charge in [-0.2, -0.15) is 0 Å². The number of hydrogen-bond donors (Lipinski definition) is 0. The Morgan fingerprint density at radius 2 is 1.48 bits per heavy atom. The van der Waals surface area contributed by atoms with Gasteiger partial charge in [0.25, 0.3) is 0 Å². The second-order valence-corrected chi connectivity index (χ2v) is 6.59. The van der Waals surface area contributed by atoms with E-state index in [1.54, 1.807) is 24.3 Å². The fourth-order valence-electron chi connectivity index (χ4n) is 2.62. The van der Waals surface area contributed by atoms with Crippen LogP contribution in [0.3, 0.4) is 0 Å². The van der Waals surface area contributed by atoms with Crippen molar-refractivity contribution in [2.45, 2.75) is 9.79 Å². The average Bonchev–Trinajstić information content (AvgIpc) is 2.65. The van der Waals surface area contributed by atoms with Gasteiger partial charge in [-0.15, -0.1) is 0 Å². The highest BCUT2D eigenvalue weighted by atomic mass is 32.2. The largest absolute Gasteiger partial charge is 0.455 e. The van der Waals surface area contributed by atoms with E-state index in [1.165, 1.54) is 23.9 Å². The molecule has 0 aliphatic carbocycles. The first-order chi connectivity index (χ1) is 12.2. The molecule has 4 rings (SSSR count). The van der Waals surface area contributed by atoms with Gasteiger partial charge in [0.05, 0.1) is 5.39 Å². The van der Waals surface area contributed by atoms with Crippen LogP contribution in [0.25, 0.3) is 22.3 Å². The first-order valence-corrected chi connectivity index (χ1v) is 8.59. The zero-order valence-corrected chi connectivity index (χ0v) is 13.9. The lowest BCUT2D eigenvalue weighted by atomic mass is 10.1. The van der Waals surface area contributed by atoms with Gasteiger partial charge in [0.2, 0.25) is 5.43 Å². The van der Waals surface area contributed by atoms with E-state index in [0.717, 1.165) is 4.90 Å². The van der Waals surface area contributed by atoms with Crippen LogP contribution in [0.5, 0.6) is 0 Å². The molecule has 2 nitrogen and oxygen atoms in total. The molecule has 0 saturated carbocycles. The molecule has 0 N–H and O–H groups in total. The maximum absolute atomic E-state index is 13.3. The lowest BCUT2D eigenvalue weighted by Gasteiger charge is -2.10. The zero-order valence-electron chi connectivity index (χ0n) is 13.1. The Balaban J connectivity index is 1.97. The Kier molecular flexibility index (Phi) is 4.12. The van der Waals surface area contributed by atoms with Gasteiger partial charge in [-0.3, -0.25) is 4.79 Å². The molecule has 0 atom stereocenters. The van der Waals surface area contributed by atoms with E-state index in [0.29, 0.717) is 27.2 Å². The molecule has 0 spiro atoms. The summed E-state index contributed by atoms with van der Waals surface area (Å²) in [6, 6.07) is 22.8. The van der Waals surface area contributed by atoms with Crippen LogP contribution in [0.4, 0.5) is 4.39 Å². The Labute approximate surface area is 147 Å². The molecule has 3 aromatic carbocycles. The minimum Gasteiger partial charge on any atom is -0.455 e. The molecule has 0 aliphatic rings. The van der Waals surface area contributed by atoms with Crippen molar-refractivity contribution in [1.29, 1.82) is 0 Å². The third kappa shape index (κ3) is 3.08. The third-order valence-corrected chi connectivity index (χ3v) is 4.91. The predicted octanol–water partition coefficient (Wildman–Crippen LogP) is 5.75. The molecular weight excluding hydrogens is 335 g/mol. The summed E-state index contributed by atoms with van der Waals surface area (Å²) < 4.78 is 19.3.